The van der Waals surface area contributed by atoms with Gasteiger partial charge >= 0.3 is 11.9 Å². The number of ether oxygens (including phenoxy) is 2. The summed E-state index contributed by atoms with van der Waals surface area (Å²) in [5.74, 6) is -0.787. The first-order chi connectivity index (χ1) is 12.1. The van der Waals surface area contributed by atoms with Gasteiger partial charge in [-0.15, -0.1) is 0 Å². The molecular formula is C21H30O4. The lowest BCUT2D eigenvalue weighted by molar-refractivity contribution is 0.0195. The monoisotopic (exact) mass is 346 g/mol. The van der Waals surface area contributed by atoms with Crippen LogP contribution in [0.1, 0.15) is 91.8 Å². The van der Waals surface area contributed by atoms with Gasteiger partial charge in [0, 0.05) is 0 Å². The predicted octanol–water partition coefficient (Wildman–Crippen LogP) is 5.30. The molecule has 4 heteroatoms. The maximum absolute atomic E-state index is 12.4. The summed E-state index contributed by atoms with van der Waals surface area (Å²) >= 11 is 0. The maximum atomic E-state index is 12.4. The van der Waals surface area contributed by atoms with E-state index in [2.05, 4.69) is 6.92 Å². The molecule has 138 valence electrons. The van der Waals surface area contributed by atoms with Gasteiger partial charge in [0.1, 0.15) is 5.60 Å². The van der Waals surface area contributed by atoms with E-state index in [-0.39, 0.29) is 11.6 Å². The second-order valence-electron chi connectivity index (χ2n) is 7.02. The Morgan fingerprint density at radius 1 is 0.960 bits per heavy atom. The SMILES string of the molecule is CCCCCCCCCC1(OC(=O)c2cccc(C(=O)OC)c2)CC1. The van der Waals surface area contributed by atoms with Crippen LogP contribution in [0.2, 0.25) is 0 Å². The first-order valence-corrected chi connectivity index (χ1v) is 9.52. The highest BCUT2D eigenvalue weighted by atomic mass is 16.6. The average Bonchev–Trinajstić information content (AvgIpc) is 3.39. The molecule has 0 unspecified atom stereocenters. The first-order valence-electron chi connectivity index (χ1n) is 9.52. The number of methoxy groups -OCH3 is 1. The smallest absolute Gasteiger partial charge is 0.338 e. The molecular weight excluding hydrogens is 316 g/mol. The molecule has 0 spiro atoms. The number of carbonyl (C=O) groups excluding carboxylic acids is 2. The van der Waals surface area contributed by atoms with Gasteiger partial charge in [0.15, 0.2) is 0 Å². The summed E-state index contributed by atoms with van der Waals surface area (Å²) in [4.78, 5) is 24.0. The van der Waals surface area contributed by atoms with Crippen molar-refractivity contribution in [1.29, 1.82) is 0 Å². The van der Waals surface area contributed by atoms with E-state index in [1.807, 2.05) is 0 Å². The number of unbranched alkanes of at least 4 members (excludes halogenated alkanes) is 6. The van der Waals surface area contributed by atoms with Crippen molar-refractivity contribution in [2.24, 2.45) is 0 Å². The van der Waals surface area contributed by atoms with Crippen LogP contribution in [0.5, 0.6) is 0 Å². The van der Waals surface area contributed by atoms with Crippen LogP contribution in [0.3, 0.4) is 0 Å². The fourth-order valence-electron chi connectivity index (χ4n) is 3.09. The molecule has 0 aromatic heterocycles. The second-order valence-corrected chi connectivity index (χ2v) is 7.02. The summed E-state index contributed by atoms with van der Waals surface area (Å²) in [6, 6.07) is 6.53. The third kappa shape index (κ3) is 6.18. The highest BCUT2D eigenvalue weighted by Gasteiger charge is 2.46. The summed E-state index contributed by atoms with van der Waals surface area (Å²) in [6.45, 7) is 2.23. The highest BCUT2D eigenvalue weighted by Crippen LogP contribution is 2.44. The van der Waals surface area contributed by atoms with Gasteiger partial charge in [0.2, 0.25) is 0 Å². The van der Waals surface area contributed by atoms with Crippen LogP contribution >= 0.6 is 0 Å². The molecule has 0 radical (unpaired) electrons. The minimum atomic E-state index is -0.446. The van der Waals surface area contributed by atoms with Crippen LogP contribution in [-0.2, 0) is 9.47 Å². The molecule has 0 aliphatic heterocycles. The van der Waals surface area contributed by atoms with Crippen LogP contribution in [0.25, 0.3) is 0 Å². The van der Waals surface area contributed by atoms with Crippen molar-refractivity contribution in [1.82, 2.24) is 0 Å². The molecule has 0 saturated heterocycles. The number of hydrogen-bond acceptors (Lipinski definition) is 4. The van der Waals surface area contributed by atoms with Crippen molar-refractivity contribution in [2.45, 2.75) is 76.7 Å². The molecule has 1 fully saturated rings. The minimum absolute atomic E-state index is 0.262. The lowest BCUT2D eigenvalue weighted by atomic mass is 10.1. The van der Waals surface area contributed by atoms with Gasteiger partial charge in [-0.3, -0.25) is 0 Å². The third-order valence-electron chi connectivity index (χ3n) is 4.87. The number of rotatable bonds is 11. The second kappa shape index (κ2) is 9.59. The Balaban J connectivity index is 1.77. The van der Waals surface area contributed by atoms with Gasteiger partial charge < -0.3 is 9.47 Å². The van der Waals surface area contributed by atoms with Crippen molar-refractivity contribution < 1.29 is 19.1 Å². The summed E-state index contributed by atoms with van der Waals surface area (Å²) in [7, 11) is 1.33. The fraction of sp³-hybridized carbons (Fsp3) is 0.619. The van der Waals surface area contributed by atoms with Gasteiger partial charge in [-0.1, -0.05) is 51.5 Å². The zero-order valence-corrected chi connectivity index (χ0v) is 15.5. The van der Waals surface area contributed by atoms with Crippen LogP contribution in [0.4, 0.5) is 0 Å². The molecule has 0 bridgehead atoms. The molecule has 1 aromatic carbocycles. The molecule has 0 heterocycles. The van der Waals surface area contributed by atoms with E-state index < -0.39 is 5.97 Å². The number of esters is 2. The minimum Gasteiger partial charge on any atom is -0.465 e. The summed E-state index contributed by atoms with van der Waals surface area (Å²) < 4.78 is 10.5. The van der Waals surface area contributed by atoms with E-state index in [1.165, 1.54) is 51.7 Å². The molecule has 1 aliphatic rings. The van der Waals surface area contributed by atoms with Crippen molar-refractivity contribution in [3.8, 4) is 0 Å². The molecule has 25 heavy (non-hydrogen) atoms. The van der Waals surface area contributed by atoms with Crippen LogP contribution in [0, 0.1) is 0 Å². The Morgan fingerprint density at radius 2 is 1.56 bits per heavy atom. The third-order valence-corrected chi connectivity index (χ3v) is 4.87. The Labute approximate surface area is 150 Å². The van der Waals surface area contributed by atoms with Crippen LogP contribution < -0.4 is 0 Å². The molecule has 0 N–H and O–H groups in total. The summed E-state index contributed by atoms with van der Waals surface area (Å²) in [5, 5.41) is 0. The average molecular weight is 346 g/mol. The highest BCUT2D eigenvalue weighted by molar-refractivity contribution is 5.95. The van der Waals surface area contributed by atoms with E-state index in [4.69, 9.17) is 9.47 Å². The van der Waals surface area contributed by atoms with Gasteiger partial charge in [-0.25, -0.2) is 9.59 Å². The lowest BCUT2D eigenvalue weighted by Gasteiger charge is -2.17. The fourth-order valence-corrected chi connectivity index (χ4v) is 3.09. The molecule has 2 rings (SSSR count). The molecule has 1 saturated carbocycles. The Morgan fingerprint density at radius 3 is 2.16 bits per heavy atom. The Hall–Kier alpha value is -1.84. The predicted molar refractivity (Wildman–Crippen MR) is 97.8 cm³/mol. The van der Waals surface area contributed by atoms with Gasteiger partial charge in [-0.05, 0) is 43.9 Å². The standard InChI is InChI=1S/C21H30O4/c1-3-4-5-6-7-8-9-13-21(14-15-21)25-20(23)18-12-10-11-17(16-18)19(22)24-2/h10-12,16H,3-9,13-15H2,1-2H3. The molecule has 4 nitrogen and oxygen atoms in total. The van der Waals surface area contributed by atoms with Crippen molar-refractivity contribution in [3.63, 3.8) is 0 Å². The quantitative estimate of drug-likeness (QED) is 0.403. The zero-order chi connectivity index (χ0) is 18.1. The summed E-state index contributed by atoms with van der Waals surface area (Å²) in [6.07, 6.45) is 11.7. The van der Waals surface area contributed by atoms with Crippen LogP contribution in [-0.4, -0.2) is 24.6 Å². The van der Waals surface area contributed by atoms with Crippen molar-refractivity contribution in [2.75, 3.05) is 7.11 Å². The molecule has 1 aromatic rings. The maximum Gasteiger partial charge on any atom is 0.338 e. The van der Waals surface area contributed by atoms with Gasteiger partial charge in [-0.2, -0.15) is 0 Å². The Bertz CT molecular complexity index is 575. The van der Waals surface area contributed by atoms with Crippen molar-refractivity contribution >= 4 is 11.9 Å². The number of benzene rings is 1. The number of hydrogen-bond donors (Lipinski definition) is 0. The Kier molecular flexibility index (Phi) is 7.48. The van der Waals surface area contributed by atoms with Crippen LogP contribution in [0.15, 0.2) is 24.3 Å². The molecule has 1 aliphatic carbocycles. The largest absolute Gasteiger partial charge is 0.465 e. The van der Waals surface area contributed by atoms with E-state index in [0.717, 1.165) is 25.7 Å². The first kappa shape index (κ1) is 19.5. The topological polar surface area (TPSA) is 52.6 Å². The number of carbonyl (C=O) groups is 2. The van der Waals surface area contributed by atoms with E-state index in [0.29, 0.717) is 11.1 Å². The van der Waals surface area contributed by atoms with E-state index >= 15 is 0 Å². The lowest BCUT2D eigenvalue weighted by Crippen LogP contribution is -2.20. The normalized spacial score (nSPS) is 14.8. The van der Waals surface area contributed by atoms with E-state index in [9.17, 15) is 9.59 Å². The van der Waals surface area contributed by atoms with Crippen molar-refractivity contribution in [3.05, 3.63) is 35.4 Å². The zero-order valence-electron chi connectivity index (χ0n) is 15.5. The molecule has 0 amide bonds. The van der Waals surface area contributed by atoms with Gasteiger partial charge in [0.25, 0.3) is 0 Å². The van der Waals surface area contributed by atoms with Gasteiger partial charge in [0.05, 0.1) is 18.2 Å². The summed E-state index contributed by atoms with van der Waals surface area (Å²) in [5.41, 5.74) is 0.518. The molecule has 0 atom stereocenters. The van der Waals surface area contributed by atoms with E-state index in [1.54, 1.807) is 18.2 Å².